The van der Waals surface area contributed by atoms with Crippen molar-refractivity contribution < 1.29 is 23.9 Å². The number of thioether (sulfide) groups is 1. The third-order valence-electron chi connectivity index (χ3n) is 9.34. The van der Waals surface area contributed by atoms with Crippen molar-refractivity contribution >= 4 is 45.8 Å². The highest BCUT2D eigenvalue weighted by atomic mass is 32.2. The molecule has 4 atom stereocenters. The van der Waals surface area contributed by atoms with E-state index in [-0.39, 0.29) is 41.5 Å². The first kappa shape index (κ1) is 30.5. The van der Waals surface area contributed by atoms with Gasteiger partial charge >= 0.3 is 0 Å². The molecule has 4 fully saturated rings. The number of methoxy groups -OCH3 is 1. The van der Waals surface area contributed by atoms with Crippen LogP contribution in [0.5, 0.6) is 0 Å². The van der Waals surface area contributed by atoms with Crippen LogP contribution in [0.4, 0.5) is 5.13 Å². The van der Waals surface area contributed by atoms with Gasteiger partial charge in [0.25, 0.3) is 5.91 Å². The molecule has 0 bridgehead atoms. The quantitative estimate of drug-likeness (QED) is 0.426. The molecule has 3 aliphatic heterocycles. The van der Waals surface area contributed by atoms with Gasteiger partial charge in [0.2, 0.25) is 5.91 Å². The lowest BCUT2D eigenvalue weighted by molar-refractivity contribution is -0.139. The summed E-state index contributed by atoms with van der Waals surface area (Å²) in [5, 5.41) is 6.22. The Hall–Kier alpha value is -2.51. The number of hydrogen-bond donors (Lipinski definition) is 1. The van der Waals surface area contributed by atoms with Crippen molar-refractivity contribution in [3.63, 3.8) is 0 Å². The van der Waals surface area contributed by atoms with E-state index in [4.69, 9.17) is 14.5 Å². The molecule has 2 amide bonds. The molecule has 3 saturated heterocycles. The number of carbonyl (C=O) groups excluding carboxylic acids is 3. The van der Waals surface area contributed by atoms with Crippen LogP contribution in [0.25, 0.3) is 11.3 Å². The zero-order valence-corrected chi connectivity index (χ0v) is 26.5. The summed E-state index contributed by atoms with van der Waals surface area (Å²) < 4.78 is 11.0. The molecule has 1 aromatic heterocycles. The van der Waals surface area contributed by atoms with E-state index in [2.05, 4.69) is 20.5 Å². The average Bonchev–Trinajstić information content (AvgIpc) is 3.85. The molecule has 1 saturated carbocycles. The molecule has 10 nitrogen and oxygen atoms in total. The number of benzene rings is 1. The van der Waals surface area contributed by atoms with Crippen LogP contribution in [-0.4, -0.2) is 122 Å². The summed E-state index contributed by atoms with van der Waals surface area (Å²) in [7, 11) is 1.74. The number of anilines is 1. The van der Waals surface area contributed by atoms with Gasteiger partial charge in [0.15, 0.2) is 10.9 Å². The standard InChI is InChI=1S/C31H41N5O5S2/c1-40-16-15-34-11-13-35(14-12-34)31-32-23(19-43-31)20-7-9-22(10-8-20)29(38)33-26(21-5-3-4-6-21)30(39)36-17-25(42-2)28-27(36)24(37)18-41-28/h7-10,19,21,25-28H,3-6,11-18H2,1-2H3,(H,33,38)/t25-,26-,27+,28+/m0/s1. The van der Waals surface area contributed by atoms with Crippen LogP contribution in [0, 0.1) is 5.92 Å². The van der Waals surface area contributed by atoms with Gasteiger partial charge < -0.3 is 24.6 Å². The molecule has 12 heteroatoms. The zero-order chi connectivity index (χ0) is 29.9. The first-order valence-electron chi connectivity index (χ1n) is 15.3. The molecule has 0 radical (unpaired) electrons. The smallest absolute Gasteiger partial charge is 0.251 e. The van der Waals surface area contributed by atoms with Gasteiger partial charge in [0.1, 0.15) is 18.7 Å². The van der Waals surface area contributed by atoms with E-state index < -0.39 is 12.1 Å². The first-order chi connectivity index (χ1) is 21.0. The number of rotatable bonds is 10. The van der Waals surface area contributed by atoms with Crippen molar-refractivity contribution in [2.45, 2.75) is 49.1 Å². The van der Waals surface area contributed by atoms with Crippen molar-refractivity contribution in [2.75, 3.05) is 70.7 Å². The minimum absolute atomic E-state index is 0.0449. The largest absolute Gasteiger partial charge is 0.383 e. The number of hydrogen-bond acceptors (Lipinski definition) is 10. The number of likely N-dealkylation sites (tertiary alicyclic amines) is 1. The number of piperazine rings is 1. The second-order valence-corrected chi connectivity index (χ2v) is 13.8. The number of nitrogens with one attached hydrogen (secondary N) is 1. The van der Waals surface area contributed by atoms with Crippen LogP contribution in [0.2, 0.25) is 0 Å². The highest BCUT2D eigenvalue weighted by Gasteiger charge is 2.53. The molecule has 2 aromatic rings. The van der Waals surface area contributed by atoms with E-state index in [0.29, 0.717) is 12.1 Å². The highest BCUT2D eigenvalue weighted by Crippen LogP contribution is 2.36. The van der Waals surface area contributed by atoms with Gasteiger partial charge in [-0.15, -0.1) is 11.3 Å². The third kappa shape index (κ3) is 6.49. The number of fused-ring (bicyclic) bond motifs is 1. The predicted molar refractivity (Wildman–Crippen MR) is 169 cm³/mol. The molecule has 43 heavy (non-hydrogen) atoms. The fourth-order valence-electron chi connectivity index (χ4n) is 6.84. The minimum Gasteiger partial charge on any atom is -0.383 e. The van der Waals surface area contributed by atoms with Crippen molar-refractivity contribution in [2.24, 2.45) is 5.92 Å². The molecule has 1 aliphatic carbocycles. The van der Waals surface area contributed by atoms with Gasteiger partial charge in [0, 0.05) is 62.9 Å². The number of amides is 2. The van der Waals surface area contributed by atoms with Crippen molar-refractivity contribution in [1.29, 1.82) is 0 Å². The molecule has 6 rings (SSSR count). The van der Waals surface area contributed by atoms with Crippen LogP contribution in [0.15, 0.2) is 29.6 Å². The van der Waals surface area contributed by atoms with E-state index in [0.717, 1.165) is 81.4 Å². The van der Waals surface area contributed by atoms with Crippen molar-refractivity contribution in [1.82, 2.24) is 20.1 Å². The van der Waals surface area contributed by atoms with Gasteiger partial charge in [0.05, 0.1) is 23.7 Å². The number of Topliss-reactive ketones (excluding diaryl/α,β-unsaturated/α-hetero) is 1. The maximum atomic E-state index is 14.0. The molecule has 0 spiro atoms. The summed E-state index contributed by atoms with van der Waals surface area (Å²) in [6, 6.07) is 6.25. The highest BCUT2D eigenvalue weighted by molar-refractivity contribution is 7.99. The molecule has 1 aromatic carbocycles. The topological polar surface area (TPSA) is 104 Å². The summed E-state index contributed by atoms with van der Waals surface area (Å²) in [6.45, 7) is 6.09. The van der Waals surface area contributed by atoms with E-state index in [9.17, 15) is 14.4 Å². The van der Waals surface area contributed by atoms with Gasteiger partial charge in [-0.2, -0.15) is 11.8 Å². The van der Waals surface area contributed by atoms with E-state index >= 15 is 0 Å². The number of thiazole rings is 1. The monoisotopic (exact) mass is 627 g/mol. The SMILES string of the molecule is COCCN1CCN(c2nc(-c3ccc(C(=O)N[C@H](C(=O)N4C[C@H](SC)[C@H]5OCC(=O)[C@H]54)C4CCCC4)cc3)cs2)CC1. The lowest BCUT2D eigenvalue weighted by Crippen LogP contribution is -2.54. The Morgan fingerprint density at radius 1 is 1.16 bits per heavy atom. The van der Waals surface area contributed by atoms with E-state index in [1.165, 1.54) is 0 Å². The Morgan fingerprint density at radius 3 is 2.60 bits per heavy atom. The Labute approximate surface area is 261 Å². The average molecular weight is 628 g/mol. The van der Waals surface area contributed by atoms with Crippen LogP contribution in [-0.2, 0) is 19.1 Å². The van der Waals surface area contributed by atoms with E-state index in [1.54, 1.807) is 47.2 Å². The van der Waals surface area contributed by atoms with Crippen molar-refractivity contribution in [3.8, 4) is 11.3 Å². The van der Waals surface area contributed by atoms with Gasteiger partial charge in [-0.3, -0.25) is 19.3 Å². The summed E-state index contributed by atoms with van der Waals surface area (Å²) in [5.74, 6) is -0.406. The minimum atomic E-state index is -0.652. The molecule has 1 N–H and O–H groups in total. The Kier molecular flexibility index (Phi) is 9.68. The number of aromatic nitrogens is 1. The third-order valence-corrected chi connectivity index (χ3v) is 11.3. The molecular weight excluding hydrogens is 587 g/mol. The second kappa shape index (κ2) is 13.6. The summed E-state index contributed by atoms with van der Waals surface area (Å²) in [5.41, 5.74) is 2.35. The Morgan fingerprint density at radius 2 is 1.91 bits per heavy atom. The van der Waals surface area contributed by atoms with Gasteiger partial charge in [-0.05, 0) is 37.1 Å². The molecule has 232 valence electrons. The Bertz CT molecular complexity index is 1290. The van der Waals surface area contributed by atoms with Crippen LogP contribution in [0.3, 0.4) is 0 Å². The second-order valence-electron chi connectivity index (χ2n) is 11.9. The predicted octanol–water partition coefficient (Wildman–Crippen LogP) is 2.78. The normalized spacial score (nSPS) is 25.3. The summed E-state index contributed by atoms with van der Waals surface area (Å²) >= 11 is 3.27. The van der Waals surface area contributed by atoms with Crippen LogP contribution >= 0.6 is 23.1 Å². The lowest BCUT2D eigenvalue weighted by Gasteiger charge is -2.34. The maximum Gasteiger partial charge on any atom is 0.251 e. The lowest BCUT2D eigenvalue weighted by atomic mass is 9.95. The summed E-state index contributed by atoms with van der Waals surface area (Å²) in [6.07, 6.45) is 5.58. The molecular formula is C31H41N5O5S2. The van der Waals surface area contributed by atoms with Crippen molar-refractivity contribution in [3.05, 3.63) is 35.2 Å². The van der Waals surface area contributed by atoms with E-state index in [1.807, 2.05) is 18.4 Å². The summed E-state index contributed by atoms with van der Waals surface area (Å²) in [4.78, 5) is 51.4. The molecule has 0 unspecified atom stereocenters. The molecule has 4 heterocycles. The fraction of sp³-hybridized carbons (Fsp3) is 0.613. The van der Waals surface area contributed by atoms with Gasteiger partial charge in [-0.1, -0.05) is 25.0 Å². The molecule has 4 aliphatic rings. The number of ketones is 1. The van der Waals surface area contributed by atoms with Crippen LogP contribution < -0.4 is 10.2 Å². The Balaban J connectivity index is 1.11. The number of ether oxygens (including phenoxy) is 2. The number of carbonyl (C=O) groups is 3. The van der Waals surface area contributed by atoms with Gasteiger partial charge in [-0.25, -0.2) is 4.98 Å². The zero-order valence-electron chi connectivity index (χ0n) is 24.9. The fourth-order valence-corrected chi connectivity index (χ4v) is 8.53. The van der Waals surface area contributed by atoms with Crippen LogP contribution in [0.1, 0.15) is 36.0 Å². The first-order valence-corrected chi connectivity index (χ1v) is 17.4. The maximum absolute atomic E-state index is 14.0. The number of nitrogens with zero attached hydrogens (tertiary/aromatic N) is 4.